The first-order valence-electron chi connectivity index (χ1n) is 13.9. The van der Waals surface area contributed by atoms with Crippen LogP contribution in [0, 0.1) is 0 Å². The molecule has 0 bridgehead atoms. The maximum Gasteiger partial charge on any atom is 0.248 e. The van der Waals surface area contributed by atoms with E-state index in [1.54, 1.807) is 0 Å². The van der Waals surface area contributed by atoms with Crippen molar-refractivity contribution in [2.75, 3.05) is 4.90 Å². The van der Waals surface area contributed by atoms with Gasteiger partial charge < -0.3 is 4.90 Å². The molecule has 2 aliphatic heterocycles. The zero-order valence-electron chi connectivity index (χ0n) is 22.6. The second kappa shape index (κ2) is 8.77. The summed E-state index contributed by atoms with van der Waals surface area (Å²) in [5, 5.41) is 0. The van der Waals surface area contributed by atoms with Crippen LogP contribution in [-0.2, 0) is 0 Å². The van der Waals surface area contributed by atoms with Crippen LogP contribution in [0.4, 0.5) is 17.1 Å². The molecule has 0 aromatic heterocycles. The van der Waals surface area contributed by atoms with Gasteiger partial charge in [-0.3, -0.25) is 0 Å². The summed E-state index contributed by atoms with van der Waals surface area (Å²) >= 11 is 0. The topological polar surface area (TPSA) is 3.24 Å². The Morgan fingerprint density at radius 2 is 1.26 bits per heavy atom. The zero-order chi connectivity index (χ0) is 26.0. The van der Waals surface area contributed by atoms with Crippen LogP contribution in [-0.4, -0.2) is 6.71 Å². The number of fused-ring (bicyclic) bond motifs is 5. The number of rotatable bonds is 4. The van der Waals surface area contributed by atoms with Crippen LogP contribution >= 0.6 is 0 Å². The maximum atomic E-state index is 2.54. The largest absolute Gasteiger partial charge is 0.311 e. The molecule has 0 fully saturated rings. The molecule has 0 spiro atoms. The minimum atomic E-state index is 0.252. The number of benzene rings is 5. The molecule has 5 aromatic carbocycles. The average Bonchev–Trinajstić information content (AvgIpc) is 3.28. The molecule has 38 heavy (non-hydrogen) atoms. The molecule has 0 unspecified atom stereocenters. The third-order valence-corrected chi connectivity index (χ3v) is 8.42. The van der Waals surface area contributed by atoms with E-state index in [2.05, 4.69) is 142 Å². The second-order valence-corrected chi connectivity index (χ2v) is 11.4. The second-order valence-electron chi connectivity index (χ2n) is 11.4. The molecule has 0 saturated carbocycles. The molecule has 2 aliphatic rings. The van der Waals surface area contributed by atoms with Crippen molar-refractivity contribution in [1.82, 2.24) is 0 Å². The van der Waals surface area contributed by atoms with Gasteiger partial charge in [0.15, 0.2) is 0 Å². The number of anilines is 3. The summed E-state index contributed by atoms with van der Waals surface area (Å²) in [5.74, 6) is 0.937. The molecule has 7 rings (SSSR count). The summed E-state index contributed by atoms with van der Waals surface area (Å²) in [5.41, 5.74) is 16.1. The molecule has 0 amide bonds. The molecule has 184 valence electrons. The zero-order valence-corrected chi connectivity index (χ0v) is 22.6. The summed E-state index contributed by atoms with van der Waals surface area (Å²) in [6, 6.07) is 41.0. The summed E-state index contributed by atoms with van der Waals surface area (Å²) in [4.78, 5) is 2.54. The van der Waals surface area contributed by atoms with Crippen LogP contribution in [0.15, 0.2) is 109 Å². The fourth-order valence-corrected chi connectivity index (χ4v) is 6.41. The van der Waals surface area contributed by atoms with Crippen LogP contribution in [0.25, 0.3) is 22.3 Å². The quantitative estimate of drug-likeness (QED) is 0.227. The van der Waals surface area contributed by atoms with Gasteiger partial charge in [0.1, 0.15) is 0 Å². The van der Waals surface area contributed by atoms with E-state index in [-0.39, 0.29) is 6.71 Å². The molecule has 0 aliphatic carbocycles. The van der Waals surface area contributed by atoms with Gasteiger partial charge in [0, 0.05) is 17.1 Å². The standard InChI is InChI=1S/C36H32BN/c1-23(2)26-13-10-14-29(19-26)38-34-21-27(24(3)4)17-18-33(34)37-32-16-9-8-15-30(32)31-20-28(22-35(38)36(31)37)25-11-6-5-7-12-25/h5-24H,1-4H3. The maximum absolute atomic E-state index is 2.54. The van der Waals surface area contributed by atoms with Gasteiger partial charge in [0.2, 0.25) is 6.71 Å². The summed E-state index contributed by atoms with van der Waals surface area (Å²) in [6.07, 6.45) is 0. The lowest BCUT2D eigenvalue weighted by molar-refractivity contribution is 0.865. The van der Waals surface area contributed by atoms with Gasteiger partial charge in [-0.05, 0) is 86.5 Å². The molecule has 2 heteroatoms. The molecule has 2 heterocycles. The molecule has 0 saturated heterocycles. The molecular formula is C36H32BN. The van der Waals surface area contributed by atoms with Crippen molar-refractivity contribution < 1.29 is 0 Å². The van der Waals surface area contributed by atoms with Gasteiger partial charge in [0.25, 0.3) is 0 Å². The fraction of sp³-hybridized carbons (Fsp3) is 0.167. The summed E-state index contributed by atoms with van der Waals surface area (Å²) < 4.78 is 0. The molecule has 0 atom stereocenters. The van der Waals surface area contributed by atoms with Gasteiger partial charge in [-0.2, -0.15) is 0 Å². The highest BCUT2D eigenvalue weighted by Crippen LogP contribution is 2.43. The smallest absolute Gasteiger partial charge is 0.248 e. The Kier molecular flexibility index (Phi) is 5.33. The summed E-state index contributed by atoms with van der Waals surface area (Å²) in [7, 11) is 0. The van der Waals surface area contributed by atoms with Crippen molar-refractivity contribution in [3.05, 3.63) is 120 Å². The van der Waals surface area contributed by atoms with E-state index in [1.165, 1.54) is 66.8 Å². The monoisotopic (exact) mass is 489 g/mol. The van der Waals surface area contributed by atoms with Crippen molar-refractivity contribution in [3.8, 4) is 22.3 Å². The van der Waals surface area contributed by atoms with E-state index in [0.29, 0.717) is 11.8 Å². The van der Waals surface area contributed by atoms with E-state index in [4.69, 9.17) is 0 Å². The Hall–Kier alpha value is -4.04. The third-order valence-electron chi connectivity index (χ3n) is 8.42. The van der Waals surface area contributed by atoms with Gasteiger partial charge in [-0.25, -0.2) is 0 Å². The Labute approximate surface area is 226 Å². The number of hydrogen-bond donors (Lipinski definition) is 0. The first kappa shape index (κ1) is 23.1. The van der Waals surface area contributed by atoms with E-state index in [0.717, 1.165) is 0 Å². The molecule has 5 aromatic rings. The Morgan fingerprint density at radius 1 is 0.526 bits per heavy atom. The van der Waals surface area contributed by atoms with Crippen LogP contribution in [0.1, 0.15) is 50.7 Å². The van der Waals surface area contributed by atoms with Crippen LogP contribution in [0.5, 0.6) is 0 Å². The van der Waals surface area contributed by atoms with Crippen molar-refractivity contribution in [2.24, 2.45) is 0 Å². The average molecular weight is 489 g/mol. The fourth-order valence-electron chi connectivity index (χ4n) is 6.41. The highest BCUT2D eigenvalue weighted by molar-refractivity contribution is 7.01. The highest BCUT2D eigenvalue weighted by atomic mass is 15.2. The minimum Gasteiger partial charge on any atom is -0.311 e. The molecule has 0 radical (unpaired) electrons. The normalized spacial score (nSPS) is 13.1. The number of hydrogen-bond acceptors (Lipinski definition) is 1. The van der Waals surface area contributed by atoms with Gasteiger partial charge in [0.05, 0.1) is 0 Å². The molecule has 0 N–H and O–H groups in total. The van der Waals surface area contributed by atoms with Crippen LogP contribution < -0.4 is 21.3 Å². The van der Waals surface area contributed by atoms with E-state index in [9.17, 15) is 0 Å². The van der Waals surface area contributed by atoms with Crippen molar-refractivity contribution >= 4 is 40.2 Å². The Morgan fingerprint density at radius 3 is 2.05 bits per heavy atom. The lowest BCUT2D eigenvalue weighted by atomic mass is 9.37. The minimum absolute atomic E-state index is 0.252. The van der Waals surface area contributed by atoms with E-state index in [1.807, 2.05) is 0 Å². The van der Waals surface area contributed by atoms with Crippen LogP contribution in [0.3, 0.4) is 0 Å². The van der Waals surface area contributed by atoms with Gasteiger partial charge >= 0.3 is 0 Å². The van der Waals surface area contributed by atoms with Crippen LogP contribution in [0.2, 0.25) is 0 Å². The lowest BCUT2D eigenvalue weighted by Crippen LogP contribution is -2.54. The van der Waals surface area contributed by atoms with Crippen molar-refractivity contribution in [2.45, 2.75) is 39.5 Å². The Bertz CT molecular complexity index is 1680. The third kappa shape index (κ3) is 3.47. The molecule has 1 nitrogen and oxygen atoms in total. The lowest BCUT2D eigenvalue weighted by Gasteiger charge is -2.37. The predicted octanol–water partition coefficient (Wildman–Crippen LogP) is 7.88. The van der Waals surface area contributed by atoms with E-state index >= 15 is 0 Å². The highest BCUT2D eigenvalue weighted by Gasteiger charge is 2.42. The first-order chi connectivity index (χ1) is 18.5. The SMILES string of the molecule is CC(C)c1cccc(N2c3cc(C(C)C)ccc3B3c4ccccc4-c4cc(-c5ccccc5)cc2c43)c1. The van der Waals surface area contributed by atoms with Crippen molar-refractivity contribution in [1.29, 1.82) is 0 Å². The van der Waals surface area contributed by atoms with Gasteiger partial charge in [-0.15, -0.1) is 0 Å². The molecular weight excluding hydrogens is 457 g/mol. The van der Waals surface area contributed by atoms with Gasteiger partial charge in [-0.1, -0.05) is 112 Å². The van der Waals surface area contributed by atoms with Crippen molar-refractivity contribution in [3.63, 3.8) is 0 Å². The Balaban J connectivity index is 1.58. The first-order valence-corrected chi connectivity index (χ1v) is 13.9. The number of nitrogens with zero attached hydrogens (tertiary/aromatic N) is 1. The summed E-state index contributed by atoms with van der Waals surface area (Å²) in [6.45, 7) is 9.39. The van der Waals surface area contributed by atoms with E-state index < -0.39 is 0 Å². The predicted molar refractivity (Wildman–Crippen MR) is 165 cm³/mol.